The van der Waals surface area contributed by atoms with E-state index < -0.39 is 0 Å². The molecule has 2 heteroatoms. The van der Waals surface area contributed by atoms with Crippen LogP contribution in [0, 0.1) is 5.92 Å². The molecule has 1 saturated carbocycles. The summed E-state index contributed by atoms with van der Waals surface area (Å²) in [6, 6.07) is 0.903. The van der Waals surface area contributed by atoms with E-state index in [1.165, 1.54) is 25.8 Å². The zero-order valence-corrected chi connectivity index (χ0v) is 7.71. The van der Waals surface area contributed by atoms with Crippen LogP contribution in [0.5, 0.6) is 0 Å². The summed E-state index contributed by atoms with van der Waals surface area (Å²) in [5.41, 5.74) is 5.53. The van der Waals surface area contributed by atoms with Gasteiger partial charge in [-0.05, 0) is 45.3 Å². The third-order valence-electron chi connectivity index (χ3n) is 2.55. The molecule has 0 aromatic heterocycles. The fourth-order valence-electron chi connectivity index (χ4n) is 1.24. The minimum absolute atomic E-state index is 0.691. The van der Waals surface area contributed by atoms with Gasteiger partial charge in [0.05, 0.1) is 0 Å². The number of hydrogen-bond donors (Lipinski definition) is 1. The highest BCUT2D eigenvalue weighted by atomic mass is 15.1. The standard InChI is InChI=1S/C9H20N2/c1-8(7-10)5-6-11(2)9-3-4-9/h8-9H,3-7,10H2,1-2H3. The fraction of sp³-hybridized carbons (Fsp3) is 1.00. The molecular weight excluding hydrogens is 136 g/mol. The third kappa shape index (κ3) is 3.21. The maximum absolute atomic E-state index is 5.53. The first-order valence-corrected chi connectivity index (χ1v) is 4.64. The molecule has 1 fully saturated rings. The number of hydrogen-bond acceptors (Lipinski definition) is 2. The maximum Gasteiger partial charge on any atom is 0.00933 e. The van der Waals surface area contributed by atoms with Gasteiger partial charge in [0.15, 0.2) is 0 Å². The lowest BCUT2D eigenvalue weighted by molar-refractivity contribution is 0.298. The summed E-state index contributed by atoms with van der Waals surface area (Å²) in [4.78, 5) is 2.46. The molecule has 0 bridgehead atoms. The van der Waals surface area contributed by atoms with Gasteiger partial charge in [-0.2, -0.15) is 0 Å². The van der Waals surface area contributed by atoms with Crippen molar-refractivity contribution in [1.82, 2.24) is 4.90 Å². The Morgan fingerprint density at radius 1 is 1.55 bits per heavy atom. The summed E-state index contributed by atoms with van der Waals surface area (Å²) < 4.78 is 0. The van der Waals surface area contributed by atoms with Gasteiger partial charge in [-0.1, -0.05) is 6.92 Å². The van der Waals surface area contributed by atoms with Crippen molar-refractivity contribution in [2.45, 2.75) is 32.2 Å². The van der Waals surface area contributed by atoms with Gasteiger partial charge in [0.25, 0.3) is 0 Å². The molecule has 2 nitrogen and oxygen atoms in total. The van der Waals surface area contributed by atoms with E-state index in [2.05, 4.69) is 18.9 Å². The van der Waals surface area contributed by atoms with Crippen LogP contribution < -0.4 is 5.73 Å². The van der Waals surface area contributed by atoms with E-state index in [9.17, 15) is 0 Å². The summed E-state index contributed by atoms with van der Waals surface area (Å²) >= 11 is 0. The van der Waals surface area contributed by atoms with Gasteiger partial charge in [0.2, 0.25) is 0 Å². The molecule has 0 saturated heterocycles. The highest BCUT2D eigenvalue weighted by Crippen LogP contribution is 2.25. The van der Waals surface area contributed by atoms with Crippen LogP contribution in [0.2, 0.25) is 0 Å². The maximum atomic E-state index is 5.53. The third-order valence-corrected chi connectivity index (χ3v) is 2.55. The summed E-state index contributed by atoms with van der Waals surface area (Å²) in [6.07, 6.45) is 4.07. The van der Waals surface area contributed by atoms with Gasteiger partial charge < -0.3 is 10.6 Å². The van der Waals surface area contributed by atoms with Gasteiger partial charge >= 0.3 is 0 Å². The first-order valence-electron chi connectivity index (χ1n) is 4.64. The average molecular weight is 156 g/mol. The highest BCUT2D eigenvalue weighted by molar-refractivity contribution is 4.82. The quantitative estimate of drug-likeness (QED) is 0.645. The molecule has 0 radical (unpaired) electrons. The Hall–Kier alpha value is -0.0800. The predicted octanol–water partition coefficient (Wildman–Crippen LogP) is 1.07. The molecule has 0 spiro atoms. The Labute approximate surface area is 69.8 Å². The van der Waals surface area contributed by atoms with Crippen molar-refractivity contribution in [2.24, 2.45) is 11.7 Å². The van der Waals surface area contributed by atoms with Crippen LogP contribution in [-0.4, -0.2) is 31.1 Å². The number of nitrogens with zero attached hydrogens (tertiary/aromatic N) is 1. The molecule has 1 aliphatic rings. The van der Waals surface area contributed by atoms with Crippen LogP contribution in [0.3, 0.4) is 0 Å². The van der Waals surface area contributed by atoms with E-state index in [0.717, 1.165) is 12.6 Å². The monoisotopic (exact) mass is 156 g/mol. The first kappa shape index (κ1) is 9.01. The van der Waals surface area contributed by atoms with Gasteiger partial charge in [0, 0.05) is 6.04 Å². The van der Waals surface area contributed by atoms with Crippen molar-refractivity contribution in [2.75, 3.05) is 20.1 Å². The zero-order chi connectivity index (χ0) is 8.27. The van der Waals surface area contributed by atoms with Crippen molar-refractivity contribution in [3.8, 4) is 0 Å². The summed E-state index contributed by atoms with van der Waals surface area (Å²) in [7, 11) is 2.22. The van der Waals surface area contributed by atoms with Crippen LogP contribution in [0.4, 0.5) is 0 Å². The molecule has 66 valence electrons. The molecule has 1 aliphatic carbocycles. The summed E-state index contributed by atoms with van der Waals surface area (Å²) in [5, 5.41) is 0. The lowest BCUT2D eigenvalue weighted by Gasteiger charge is -2.17. The minimum Gasteiger partial charge on any atom is -0.330 e. The molecule has 0 heterocycles. The molecule has 2 N–H and O–H groups in total. The van der Waals surface area contributed by atoms with Crippen LogP contribution in [0.15, 0.2) is 0 Å². The predicted molar refractivity (Wildman–Crippen MR) is 48.5 cm³/mol. The smallest absolute Gasteiger partial charge is 0.00933 e. The topological polar surface area (TPSA) is 29.3 Å². The molecular formula is C9H20N2. The SMILES string of the molecule is CC(CN)CCN(C)C1CC1. The van der Waals surface area contributed by atoms with E-state index in [1.54, 1.807) is 0 Å². The Balaban J connectivity index is 2.00. The number of nitrogens with two attached hydrogens (primary N) is 1. The van der Waals surface area contributed by atoms with Crippen LogP contribution in [-0.2, 0) is 0 Å². The Bertz CT molecular complexity index is 110. The second-order valence-electron chi connectivity index (χ2n) is 3.84. The van der Waals surface area contributed by atoms with Crippen LogP contribution in [0.25, 0.3) is 0 Å². The lowest BCUT2D eigenvalue weighted by atomic mass is 10.1. The van der Waals surface area contributed by atoms with E-state index in [1.807, 2.05) is 0 Å². The van der Waals surface area contributed by atoms with E-state index in [-0.39, 0.29) is 0 Å². The zero-order valence-electron chi connectivity index (χ0n) is 7.71. The second-order valence-corrected chi connectivity index (χ2v) is 3.84. The molecule has 1 rings (SSSR count). The van der Waals surface area contributed by atoms with Crippen LogP contribution in [0.1, 0.15) is 26.2 Å². The minimum atomic E-state index is 0.691. The van der Waals surface area contributed by atoms with Crippen molar-refractivity contribution < 1.29 is 0 Å². The molecule has 0 aromatic rings. The second kappa shape index (κ2) is 4.07. The summed E-state index contributed by atoms with van der Waals surface area (Å²) in [6.45, 7) is 4.28. The number of rotatable bonds is 5. The largest absolute Gasteiger partial charge is 0.330 e. The van der Waals surface area contributed by atoms with Crippen LogP contribution >= 0.6 is 0 Å². The van der Waals surface area contributed by atoms with Gasteiger partial charge in [-0.15, -0.1) is 0 Å². The van der Waals surface area contributed by atoms with E-state index in [0.29, 0.717) is 5.92 Å². The molecule has 0 aromatic carbocycles. The molecule has 0 aliphatic heterocycles. The molecule has 11 heavy (non-hydrogen) atoms. The fourth-order valence-corrected chi connectivity index (χ4v) is 1.24. The summed E-state index contributed by atoms with van der Waals surface area (Å²) in [5.74, 6) is 0.691. The van der Waals surface area contributed by atoms with Gasteiger partial charge in [-0.25, -0.2) is 0 Å². The van der Waals surface area contributed by atoms with Crippen molar-refractivity contribution >= 4 is 0 Å². The van der Waals surface area contributed by atoms with Crippen molar-refractivity contribution in [1.29, 1.82) is 0 Å². The van der Waals surface area contributed by atoms with E-state index >= 15 is 0 Å². The molecule has 0 amide bonds. The average Bonchev–Trinajstić information content (AvgIpc) is 2.81. The van der Waals surface area contributed by atoms with Crippen molar-refractivity contribution in [3.05, 3.63) is 0 Å². The molecule has 1 unspecified atom stereocenters. The van der Waals surface area contributed by atoms with Gasteiger partial charge in [-0.3, -0.25) is 0 Å². The Morgan fingerprint density at radius 3 is 2.64 bits per heavy atom. The normalized spacial score (nSPS) is 20.7. The lowest BCUT2D eigenvalue weighted by Crippen LogP contribution is -2.25. The first-order chi connectivity index (χ1) is 5.24. The van der Waals surface area contributed by atoms with E-state index in [4.69, 9.17) is 5.73 Å². The highest BCUT2D eigenvalue weighted by Gasteiger charge is 2.25. The molecule has 1 atom stereocenters. The Morgan fingerprint density at radius 2 is 2.18 bits per heavy atom. The van der Waals surface area contributed by atoms with Crippen molar-refractivity contribution in [3.63, 3.8) is 0 Å². The Kier molecular flexibility index (Phi) is 3.34. The van der Waals surface area contributed by atoms with Gasteiger partial charge in [0.1, 0.15) is 0 Å².